The maximum absolute atomic E-state index is 11.9. The summed E-state index contributed by atoms with van der Waals surface area (Å²) >= 11 is 5.85. The summed E-state index contributed by atoms with van der Waals surface area (Å²) in [7, 11) is 0. The van der Waals surface area contributed by atoms with Crippen LogP contribution >= 0.6 is 11.6 Å². The van der Waals surface area contributed by atoms with Gasteiger partial charge in [-0.3, -0.25) is 4.79 Å². The van der Waals surface area contributed by atoms with E-state index in [-0.39, 0.29) is 17.9 Å². The van der Waals surface area contributed by atoms with Crippen LogP contribution in [0, 0.1) is 5.92 Å². The van der Waals surface area contributed by atoms with Crippen LogP contribution in [0.4, 0.5) is 0 Å². The fourth-order valence-electron chi connectivity index (χ4n) is 1.69. The molecule has 18 heavy (non-hydrogen) atoms. The molecule has 0 heterocycles. The van der Waals surface area contributed by atoms with Crippen molar-refractivity contribution in [1.82, 2.24) is 5.32 Å². The molecule has 1 rings (SSSR count). The first-order valence-electron chi connectivity index (χ1n) is 6.27. The standard InChI is InChI=1S/C14H21ClN2O/c1-4-12(10-5-7-11(15)8-6-10)17-14(18)13(16)9(2)3/h5-9,12-13H,4,16H2,1-3H3,(H,17,18). The molecule has 1 aromatic carbocycles. The van der Waals surface area contributed by atoms with Gasteiger partial charge in [0.05, 0.1) is 12.1 Å². The highest BCUT2D eigenvalue weighted by molar-refractivity contribution is 6.30. The topological polar surface area (TPSA) is 55.1 Å². The van der Waals surface area contributed by atoms with Gasteiger partial charge < -0.3 is 11.1 Å². The molecule has 0 aliphatic rings. The Labute approximate surface area is 114 Å². The maximum atomic E-state index is 11.9. The third-order valence-corrected chi connectivity index (χ3v) is 3.27. The summed E-state index contributed by atoms with van der Waals surface area (Å²) in [4.78, 5) is 11.9. The monoisotopic (exact) mass is 268 g/mol. The van der Waals surface area contributed by atoms with Crippen molar-refractivity contribution in [1.29, 1.82) is 0 Å². The van der Waals surface area contributed by atoms with Crippen LogP contribution in [0.3, 0.4) is 0 Å². The Morgan fingerprint density at radius 1 is 1.33 bits per heavy atom. The minimum atomic E-state index is -0.466. The van der Waals surface area contributed by atoms with E-state index in [1.807, 2.05) is 45.0 Å². The van der Waals surface area contributed by atoms with E-state index in [9.17, 15) is 4.79 Å². The summed E-state index contributed by atoms with van der Waals surface area (Å²) in [6, 6.07) is 7.03. The Morgan fingerprint density at radius 3 is 2.33 bits per heavy atom. The first-order chi connectivity index (χ1) is 8.45. The van der Waals surface area contributed by atoms with Crippen molar-refractivity contribution in [3.63, 3.8) is 0 Å². The number of carbonyl (C=O) groups excluding carboxylic acids is 1. The van der Waals surface area contributed by atoms with Crippen LogP contribution in [-0.4, -0.2) is 11.9 Å². The van der Waals surface area contributed by atoms with E-state index in [0.29, 0.717) is 5.02 Å². The zero-order chi connectivity index (χ0) is 13.7. The van der Waals surface area contributed by atoms with Crippen molar-refractivity contribution in [3.8, 4) is 0 Å². The minimum Gasteiger partial charge on any atom is -0.348 e. The number of halogens is 1. The SMILES string of the molecule is CCC(NC(=O)C(N)C(C)C)c1ccc(Cl)cc1. The molecule has 1 aromatic rings. The molecule has 2 atom stereocenters. The number of nitrogens with one attached hydrogen (secondary N) is 1. The second-order valence-electron chi connectivity index (χ2n) is 4.79. The van der Waals surface area contributed by atoms with Gasteiger partial charge in [-0.1, -0.05) is 44.5 Å². The van der Waals surface area contributed by atoms with Crippen molar-refractivity contribution < 1.29 is 4.79 Å². The van der Waals surface area contributed by atoms with E-state index >= 15 is 0 Å². The van der Waals surface area contributed by atoms with Gasteiger partial charge in [-0.15, -0.1) is 0 Å². The average Bonchev–Trinajstić information content (AvgIpc) is 2.35. The Bertz CT molecular complexity index is 389. The second-order valence-corrected chi connectivity index (χ2v) is 5.23. The number of hydrogen-bond donors (Lipinski definition) is 2. The number of benzene rings is 1. The first kappa shape index (κ1) is 15.0. The largest absolute Gasteiger partial charge is 0.348 e. The lowest BCUT2D eigenvalue weighted by atomic mass is 10.0. The number of rotatable bonds is 5. The highest BCUT2D eigenvalue weighted by atomic mass is 35.5. The third kappa shape index (κ3) is 4.00. The quantitative estimate of drug-likeness (QED) is 0.863. The van der Waals surface area contributed by atoms with E-state index in [4.69, 9.17) is 17.3 Å². The van der Waals surface area contributed by atoms with Gasteiger partial charge in [-0.25, -0.2) is 0 Å². The van der Waals surface area contributed by atoms with Crippen LogP contribution in [-0.2, 0) is 4.79 Å². The highest BCUT2D eigenvalue weighted by Crippen LogP contribution is 2.19. The average molecular weight is 269 g/mol. The van der Waals surface area contributed by atoms with Crippen LogP contribution in [0.25, 0.3) is 0 Å². The van der Waals surface area contributed by atoms with Crippen molar-refractivity contribution >= 4 is 17.5 Å². The third-order valence-electron chi connectivity index (χ3n) is 3.02. The molecule has 100 valence electrons. The Hall–Kier alpha value is -1.06. The number of hydrogen-bond acceptors (Lipinski definition) is 2. The number of nitrogens with two attached hydrogens (primary N) is 1. The minimum absolute atomic E-state index is 0.0143. The zero-order valence-electron chi connectivity index (χ0n) is 11.1. The molecule has 2 unspecified atom stereocenters. The van der Waals surface area contributed by atoms with Gasteiger partial charge in [0.2, 0.25) is 5.91 Å². The first-order valence-corrected chi connectivity index (χ1v) is 6.65. The van der Waals surface area contributed by atoms with Gasteiger partial charge in [0, 0.05) is 5.02 Å². The molecule has 3 N–H and O–H groups in total. The predicted molar refractivity (Wildman–Crippen MR) is 75.4 cm³/mol. The summed E-state index contributed by atoms with van der Waals surface area (Å²) in [5, 5.41) is 3.67. The van der Waals surface area contributed by atoms with Crippen LogP contribution in [0.5, 0.6) is 0 Å². The normalized spacial score (nSPS) is 14.3. The lowest BCUT2D eigenvalue weighted by molar-refractivity contribution is -0.124. The second kappa shape index (κ2) is 6.76. The molecule has 0 aromatic heterocycles. The van der Waals surface area contributed by atoms with Crippen LogP contribution in [0.2, 0.25) is 5.02 Å². The van der Waals surface area contributed by atoms with Crippen LogP contribution < -0.4 is 11.1 Å². The molecular weight excluding hydrogens is 248 g/mol. The Kier molecular flexibility index (Phi) is 5.63. The zero-order valence-corrected chi connectivity index (χ0v) is 11.9. The van der Waals surface area contributed by atoms with Gasteiger partial charge >= 0.3 is 0 Å². The summed E-state index contributed by atoms with van der Waals surface area (Å²) in [6.07, 6.45) is 0.818. The summed E-state index contributed by atoms with van der Waals surface area (Å²) < 4.78 is 0. The fourth-order valence-corrected chi connectivity index (χ4v) is 1.81. The smallest absolute Gasteiger partial charge is 0.237 e. The lowest BCUT2D eigenvalue weighted by Crippen LogP contribution is -2.45. The fraction of sp³-hybridized carbons (Fsp3) is 0.500. The van der Waals surface area contributed by atoms with Gasteiger partial charge in [0.25, 0.3) is 0 Å². The van der Waals surface area contributed by atoms with Crippen molar-refractivity contribution in [2.45, 2.75) is 39.3 Å². The van der Waals surface area contributed by atoms with Crippen LogP contribution in [0.1, 0.15) is 38.8 Å². The lowest BCUT2D eigenvalue weighted by Gasteiger charge is -2.22. The maximum Gasteiger partial charge on any atom is 0.237 e. The molecule has 4 heteroatoms. The molecule has 0 spiro atoms. The molecule has 0 saturated carbocycles. The molecular formula is C14H21ClN2O. The molecule has 0 aliphatic carbocycles. The summed E-state index contributed by atoms with van der Waals surface area (Å²) in [5.74, 6) is 0.0273. The molecule has 0 fully saturated rings. The van der Waals surface area contributed by atoms with E-state index in [1.54, 1.807) is 0 Å². The van der Waals surface area contributed by atoms with Crippen molar-refractivity contribution in [2.75, 3.05) is 0 Å². The van der Waals surface area contributed by atoms with Gasteiger partial charge in [0.15, 0.2) is 0 Å². The number of carbonyl (C=O) groups is 1. The molecule has 0 radical (unpaired) electrons. The summed E-state index contributed by atoms with van der Waals surface area (Å²) in [6.45, 7) is 5.90. The molecule has 0 bridgehead atoms. The summed E-state index contributed by atoms with van der Waals surface area (Å²) in [5.41, 5.74) is 6.88. The van der Waals surface area contributed by atoms with E-state index in [1.165, 1.54) is 0 Å². The Balaban J connectivity index is 2.73. The Morgan fingerprint density at radius 2 is 1.89 bits per heavy atom. The van der Waals surface area contributed by atoms with Crippen molar-refractivity contribution in [2.24, 2.45) is 11.7 Å². The molecule has 0 aliphatic heterocycles. The van der Waals surface area contributed by atoms with E-state index in [0.717, 1.165) is 12.0 Å². The van der Waals surface area contributed by atoms with Gasteiger partial charge in [0.1, 0.15) is 0 Å². The molecule has 0 saturated heterocycles. The highest BCUT2D eigenvalue weighted by Gasteiger charge is 2.20. The van der Waals surface area contributed by atoms with E-state index in [2.05, 4.69) is 5.32 Å². The van der Waals surface area contributed by atoms with Gasteiger partial charge in [-0.2, -0.15) is 0 Å². The van der Waals surface area contributed by atoms with Crippen LogP contribution in [0.15, 0.2) is 24.3 Å². The van der Waals surface area contributed by atoms with E-state index < -0.39 is 6.04 Å². The van der Waals surface area contributed by atoms with Gasteiger partial charge in [-0.05, 0) is 30.0 Å². The predicted octanol–water partition coefficient (Wildman–Crippen LogP) is 2.89. The molecule has 3 nitrogen and oxygen atoms in total. The number of amides is 1. The van der Waals surface area contributed by atoms with Crippen molar-refractivity contribution in [3.05, 3.63) is 34.9 Å². The molecule has 1 amide bonds.